The van der Waals surface area contributed by atoms with E-state index in [9.17, 15) is 0 Å². The fraction of sp³-hybridized carbons (Fsp3) is 0.273. The summed E-state index contributed by atoms with van der Waals surface area (Å²) in [4.78, 5) is 0. The van der Waals surface area contributed by atoms with E-state index < -0.39 is 0 Å². The van der Waals surface area contributed by atoms with Crippen LogP contribution in [-0.4, -0.2) is 6.61 Å². The van der Waals surface area contributed by atoms with Crippen LogP contribution in [0.1, 0.15) is 12.0 Å². The van der Waals surface area contributed by atoms with Gasteiger partial charge in [0.15, 0.2) is 0 Å². The maximum Gasteiger partial charge on any atom is 0.0717 e. The highest BCUT2D eigenvalue weighted by Crippen LogP contribution is 2.10. The third-order valence-electron chi connectivity index (χ3n) is 1.65. The van der Waals surface area contributed by atoms with E-state index in [0.717, 1.165) is 23.6 Å². The number of rotatable bonds is 5. The fourth-order valence-corrected chi connectivity index (χ4v) is 1.06. The van der Waals surface area contributed by atoms with Gasteiger partial charge in [0.2, 0.25) is 0 Å². The highest BCUT2D eigenvalue weighted by atomic mass is 35.5. The Morgan fingerprint density at radius 1 is 1.31 bits per heavy atom. The van der Waals surface area contributed by atoms with Crippen LogP contribution in [0.3, 0.4) is 0 Å². The molecule has 70 valence electrons. The van der Waals surface area contributed by atoms with Gasteiger partial charge in [-0.15, -0.1) is 6.58 Å². The molecule has 0 saturated carbocycles. The molecule has 0 fully saturated rings. The highest BCUT2D eigenvalue weighted by Gasteiger charge is 1.92. The van der Waals surface area contributed by atoms with Crippen molar-refractivity contribution in [2.24, 2.45) is 0 Å². The average molecular weight is 197 g/mol. The predicted octanol–water partition coefficient (Wildman–Crippen LogP) is 3.43. The summed E-state index contributed by atoms with van der Waals surface area (Å²) in [6, 6.07) is 7.67. The Hall–Kier alpha value is -0.790. The largest absolute Gasteiger partial charge is 0.376 e. The van der Waals surface area contributed by atoms with Gasteiger partial charge in [-0.3, -0.25) is 0 Å². The molecule has 13 heavy (non-hydrogen) atoms. The van der Waals surface area contributed by atoms with E-state index in [1.807, 2.05) is 30.3 Å². The Kier molecular flexibility index (Phi) is 4.58. The van der Waals surface area contributed by atoms with Gasteiger partial charge in [-0.1, -0.05) is 29.8 Å². The Balaban J connectivity index is 2.28. The molecule has 1 aromatic carbocycles. The van der Waals surface area contributed by atoms with Crippen molar-refractivity contribution in [2.75, 3.05) is 6.61 Å². The molecule has 0 atom stereocenters. The van der Waals surface area contributed by atoms with Gasteiger partial charge in [0.25, 0.3) is 0 Å². The summed E-state index contributed by atoms with van der Waals surface area (Å²) in [7, 11) is 0. The number of ether oxygens (including phenoxy) is 1. The minimum Gasteiger partial charge on any atom is -0.376 e. The lowest BCUT2D eigenvalue weighted by atomic mass is 10.2. The maximum absolute atomic E-state index is 5.74. The quantitative estimate of drug-likeness (QED) is 0.518. The van der Waals surface area contributed by atoms with Gasteiger partial charge < -0.3 is 4.74 Å². The van der Waals surface area contributed by atoms with Gasteiger partial charge in [-0.25, -0.2) is 0 Å². The first-order valence-electron chi connectivity index (χ1n) is 4.26. The molecular formula is C11H13ClO. The predicted molar refractivity (Wildman–Crippen MR) is 55.9 cm³/mol. The van der Waals surface area contributed by atoms with E-state index in [4.69, 9.17) is 16.3 Å². The first-order valence-corrected chi connectivity index (χ1v) is 4.64. The Labute approximate surface area is 84.0 Å². The summed E-state index contributed by atoms with van der Waals surface area (Å²) in [5.74, 6) is 0. The zero-order valence-electron chi connectivity index (χ0n) is 7.50. The minimum absolute atomic E-state index is 0.644. The monoisotopic (exact) mass is 196 g/mol. The molecule has 0 spiro atoms. The van der Waals surface area contributed by atoms with Gasteiger partial charge in [-0.05, 0) is 24.1 Å². The molecule has 0 radical (unpaired) electrons. The molecular weight excluding hydrogens is 184 g/mol. The van der Waals surface area contributed by atoms with Gasteiger partial charge >= 0.3 is 0 Å². The molecule has 1 rings (SSSR count). The van der Waals surface area contributed by atoms with Gasteiger partial charge in [0, 0.05) is 5.02 Å². The summed E-state index contributed by atoms with van der Waals surface area (Å²) >= 11 is 5.74. The third kappa shape index (κ3) is 4.11. The first-order chi connectivity index (χ1) is 6.33. The van der Waals surface area contributed by atoms with Crippen LogP contribution < -0.4 is 0 Å². The topological polar surface area (TPSA) is 9.23 Å². The Morgan fingerprint density at radius 3 is 2.62 bits per heavy atom. The molecule has 1 nitrogen and oxygen atoms in total. The van der Waals surface area contributed by atoms with Crippen LogP contribution in [-0.2, 0) is 11.3 Å². The smallest absolute Gasteiger partial charge is 0.0717 e. The van der Waals surface area contributed by atoms with Crippen molar-refractivity contribution < 1.29 is 4.74 Å². The van der Waals surface area contributed by atoms with Crippen LogP contribution in [0.5, 0.6) is 0 Å². The number of benzene rings is 1. The SMILES string of the molecule is C=CCCOCc1ccc(Cl)cc1. The summed E-state index contributed by atoms with van der Waals surface area (Å²) < 4.78 is 5.39. The Morgan fingerprint density at radius 2 is 2.00 bits per heavy atom. The van der Waals surface area contributed by atoms with E-state index in [1.54, 1.807) is 0 Å². The molecule has 1 aromatic rings. The second-order valence-corrected chi connectivity index (χ2v) is 3.19. The molecule has 0 bridgehead atoms. The molecule has 0 aliphatic rings. The number of hydrogen-bond donors (Lipinski definition) is 0. The van der Waals surface area contributed by atoms with Crippen LogP contribution in [0.4, 0.5) is 0 Å². The van der Waals surface area contributed by atoms with E-state index in [-0.39, 0.29) is 0 Å². The fourth-order valence-electron chi connectivity index (χ4n) is 0.937. The van der Waals surface area contributed by atoms with E-state index in [2.05, 4.69) is 6.58 Å². The molecule has 0 unspecified atom stereocenters. The molecule has 2 heteroatoms. The van der Waals surface area contributed by atoms with Crippen LogP contribution in [0.2, 0.25) is 5.02 Å². The van der Waals surface area contributed by atoms with Crippen molar-refractivity contribution >= 4 is 11.6 Å². The van der Waals surface area contributed by atoms with Crippen LogP contribution in [0, 0.1) is 0 Å². The van der Waals surface area contributed by atoms with E-state index >= 15 is 0 Å². The maximum atomic E-state index is 5.74. The summed E-state index contributed by atoms with van der Waals surface area (Å²) in [5.41, 5.74) is 1.15. The lowest BCUT2D eigenvalue weighted by Gasteiger charge is -2.02. The molecule has 0 aromatic heterocycles. The third-order valence-corrected chi connectivity index (χ3v) is 1.90. The molecule has 0 N–H and O–H groups in total. The molecule has 0 saturated heterocycles. The van der Waals surface area contributed by atoms with Crippen molar-refractivity contribution in [3.05, 3.63) is 47.5 Å². The van der Waals surface area contributed by atoms with Gasteiger partial charge in [-0.2, -0.15) is 0 Å². The second-order valence-electron chi connectivity index (χ2n) is 2.76. The van der Waals surface area contributed by atoms with Gasteiger partial charge in [0.1, 0.15) is 0 Å². The summed E-state index contributed by atoms with van der Waals surface area (Å²) in [6.07, 6.45) is 2.75. The van der Waals surface area contributed by atoms with E-state index in [1.165, 1.54) is 0 Å². The Bertz CT molecular complexity index is 253. The average Bonchev–Trinajstić information content (AvgIpc) is 2.15. The van der Waals surface area contributed by atoms with Crippen molar-refractivity contribution in [2.45, 2.75) is 13.0 Å². The molecule has 0 aliphatic heterocycles. The van der Waals surface area contributed by atoms with Crippen molar-refractivity contribution in [3.63, 3.8) is 0 Å². The molecule has 0 aliphatic carbocycles. The molecule has 0 heterocycles. The first kappa shape index (κ1) is 10.3. The zero-order valence-corrected chi connectivity index (χ0v) is 8.26. The standard InChI is InChI=1S/C11H13ClO/c1-2-3-8-13-9-10-4-6-11(12)7-5-10/h2,4-7H,1,3,8-9H2. The normalized spacial score (nSPS) is 9.92. The van der Waals surface area contributed by atoms with Gasteiger partial charge in [0.05, 0.1) is 13.2 Å². The summed E-state index contributed by atoms with van der Waals surface area (Å²) in [6.45, 7) is 4.99. The lowest BCUT2D eigenvalue weighted by Crippen LogP contribution is -1.93. The highest BCUT2D eigenvalue weighted by molar-refractivity contribution is 6.30. The van der Waals surface area contributed by atoms with Crippen LogP contribution in [0.25, 0.3) is 0 Å². The second kappa shape index (κ2) is 5.79. The molecule has 0 amide bonds. The van der Waals surface area contributed by atoms with Crippen molar-refractivity contribution in [3.8, 4) is 0 Å². The van der Waals surface area contributed by atoms with Crippen LogP contribution >= 0.6 is 11.6 Å². The number of halogens is 1. The summed E-state index contributed by atoms with van der Waals surface area (Å²) in [5, 5.41) is 0.759. The lowest BCUT2D eigenvalue weighted by molar-refractivity contribution is 0.125. The van der Waals surface area contributed by atoms with Crippen LogP contribution in [0.15, 0.2) is 36.9 Å². The number of hydrogen-bond acceptors (Lipinski definition) is 1. The van der Waals surface area contributed by atoms with E-state index in [0.29, 0.717) is 6.61 Å². The van der Waals surface area contributed by atoms with Crippen molar-refractivity contribution in [1.82, 2.24) is 0 Å². The minimum atomic E-state index is 0.644. The zero-order chi connectivity index (χ0) is 9.52. The van der Waals surface area contributed by atoms with Crippen molar-refractivity contribution in [1.29, 1.82) is 0 Å².